The zero-order chi connectivity index (χ0) is 12.8. The minimum atomic E-state index is -0.276. The maximum absolute atomic E-state index is 3.50. The van der Waals surface area contributed by atoms with Gasteiger partial charge in [-0.3, -0.25) is 0 Å². The van der Waals surface area contributed by atoms with Crippen molar-refractivity contribution in [3.8, 4) is 0 Å². The summed E-state index contributed by atoms with van der Waals surface area (Å²) in [7, 11) is -0.276. The molecular weight excluding hydrogens is 300 g/mol. The van der Waals surface area contributed by atoms with Gasteiger partial charge in [-0.25, -0.2) is 0 Å². The van der Waals surface area contributed by atoms with Gasteiger partial charge in [0.05, 0.1) is 0 Å². The highest BCUT2D eigenvalue weighted by Crippen LogP contribution is 2.30. The Morgan fingerprint density at radius 2 is 1.83 bits per heavy atom. The van der Waals surface area contributed by atoms with E-state index in [2.05, 4.69) is 47.1 Å². The number of aryl methyl sites for hydroxylation is 1. The van der Waals surface area contributed by atoms with Crippen LogP contribution in [0, 0.1) is 5.92 Å². The van der Waals surface area contributed by atoms with Crippen molar-refractivity contribution >= 4 is 24.7 Å². The Balaban J connectivity index is 1.70. The quantitative estimate of drug-likeness (QED) is 0.633. The van der Waals surface area contributed by atoms with Crippen molar-refractivity contribution < 1.29 is 0 Å². The molecule has 0 unspecified atom stereocenters. The maximum Gasteiger partial charge on any atom is 0.0367 e. The summed E-state index contributed by atoms with van der Waals surface area (Å²) < 4.78 is 1.19. The lowest BCUT2D eigenvalue weighted by Crippen LogP contribution is -2.21. The van der Waals surface area contributed by atoms with Crippen LogP contribution < -0.4 is 0 Å². The predicted molar refractivity (Wildman–Crippen MR) is 87.0 cm³/mol. The average Bonchev–Trinajstić information content (AvgIpc) is 2.40. The molecule has 0 radical (unpaired) electrons. The second-order valence-corrected chi connectivity index (χ2v) is 10.2. The van der Waals surface area contributed by atoms with E-state index in [-0.39, 0.29) is 8.80 Å². The Kier molecular flexibility index (Phi) is 5.96. The highest BCUT2D eigenvalue weighted by atomic mass is 79.9. The van der Waals surface area contributed by atoms with Crippen LogP contribution in [0.5, 0.6) is 0 Å². The van der Waals surface area contributed by atoms with Gasteiger partial charge in [-0.15, -0.1) is 0 Å². The monoisotopic (exact) mass is 324 g/mol. The number of benzene rings is 1. The number of rotatable bonds is 5. The molecule has 1 aliphatic heterocycles. The molecule has 0 N–H and O–H groups in total. The summed E-state index contributed by atoms with van der Waals surface area (Å²) >= 11 is 3.50. The molecule has 2 rings (SSSR count). The molecule has 18 heavy (non-hydrogen) atoms. The first-order valence-corrected chi connectivity index (χ1v) is 10.8. The van der Waals surface area contributed by atoms with Crippen molar-refractivity contribution in [2.24, 2.45) is 5.92 Å². The molecule has 0 spiro atoms. The molecule has 100 valence electrons. The van der Waals surface area contributed by atoms with Crippen molar-refractivity contribution in [3.05, 3.63) is 34.3 Å². The van der Waals surface area contributed by atoms with E-state index in [9.17, 15) is 0 Å². The Hall–Kier alpha value is -0.0831. The van der Waals surface area contributed by atoms with Crippen LogP contribution in [-0.4, -0.2) is 8.80 Å². The van der Waals surface area contributed by atoms with Gasteiger partial charge in [0.15, 0.2) is 0 Å². The van der Waals surface area contributed by atoms with Gasteiger partial charge in [0, 0.05) is 13.3 Å². The van der Waals surface area contributed by atoms with Crippen LogP contribution in [0.1, 0.15) is 38.2 Å². The fourth-order valence-electron chi connectivity index (χ4n) is 3.24. The largest absolute Gasteiger partial charge is 0.0657 e. The SMILES string of the molecule is CCC[Si@H]1CC[C@H](CCc2ccc(Br)cc2)CC1. The Morgan fingerprint density at radius 3 is 2.44 bits per heavy atom. The summed E-state index contributed by atoms with van der Waals surface area (Å²) in [6.07, 6.45) is 7.19. The van der Waals surface area contributed by atoms with Crippen LogP contribution in [0.15, 0.2) is 28.7 Å². The zero-order valence-electron chi connectivity index (χ0n) is 11.5. The van der Waals surface area contributed by atoms with Crippen molar-refractivity contribution in [2.45, 2.75) is 57.2 Å². The van der Waals surface area contributed by atoms with Crippen molar-refractivity contribution in [3.63, 3.8) is 0 Å². The first kappa shape index (κ1) is 14.3. The molecule has 0 atom stereocenters. The van der Waals surface area contributed by atoms with Gasteiger partial charge in [0.25, 0.3) is 0 Å². The van der Waals surface area contributed by atoms with Crippen molar-refractivity contribution in [1.82, 2.24) is 0 Å². The molecular formula is C16H25BrSi. The topological polar surface area (TPSA) is 0 Å². The van der Waals surface area contributed by atoms with E-state index in [0.717, 1.165) is 5.92 Å². The fourth-order valence-corrected chi connectivity index (χ4v) is 7.07. The van der Waals surface area contributed by atoms with E-state index in [1.54, 1.807) is 18.1 Å². The normalized spacial score (nSPS) is 24.1. The third-order valence-electron chi connectivity index (χ3n) is 4.42. The first-order chi connectivity index (χ1) is 8.78. The van der Waals surface area contributed by atoms with Gasteiger partial charge in [-0.2, -0.15) is 0 Å². The lowest BCUT2D eigenvalue weighted by atomic mass is 9.94. The molecule has 0 amide bonds. The molecule has 2 heteroatoms. The van der Waals surface area contributed by atoms with Gasteiger partial charge in [0.2, 0.25) is 0 Å². The molecule has 0 aromatic heterocycles. The summed E-state index contributed by atoms with van der Waals surface area (Å²) in [6, 6.07) is 13.7. The second kappa shape index (κ2) is 7.49. The molecule has 0 nitrogen and oxygen atoms in total. The Morgan fingerprint density at radius 1 is 1.17 bits per heavy atom. The molecule has 1 aromatic carbocycles. The van der Waals surface area contributed by atoms with Gasteiger partial charge < -0.3 is 0 Å². The van der Waals surface area contributed by atoms with Gasteiger partial charge in [-0.1, -0.05) is 72.4 Å². The minimum absolute atomic E-state index is 0.276. The summed E-state index contributed by atoms with van der Waals surface area (Å²) in [6.45, 7) is 2.35. The zero-order valence-corrected chi connectivity index (χ0v) is 14.2. The minimum Gasteiger partial charge on any atom is -0.0657 e. The van der Waals surface area contributed by atoms with E-state index in [0.29, 0.717) is 0 Å². The van der Waals surface area contributed by atoms with Gasteiger partial charge in [-0.05, 0) is 36.5 Å². The van der Waals surface area contributed by atoms with Crippen LogP contribution in [0.25, 0.3) is 0 Å². The van der Waals surface area contributed by atoms with Crippen LogP contribution in [0.4, 0.5) is 0 Å². The maximum atomic E-state index is 3.50. The van der Waals surface area contributed by atoms with E-state index in [4.69, 9.17) is 0 Å². The first-order valence-electron chi connectivity index (χ1n) is 7.52. The molecule has 1 saturated heterocycles. The number of hydrogen-bond donors (Lipinski definition) is 0. The van der Waals surface area contributed by atoms with Crippen LogP contribution in [-0.2, 0) is 6.42 Å². The second-order valence-electron chi connectivity index (χ2n) is 5.84. The van der Waals surface area contributed by atoms with Gasteiger partial charge >= 0.3 is 0 Å². The molecule has 0 aliphatic carbocycles. The molecule has 0 saturated carbocycles. The lowest BCUT2D eigenvalue weighted by Gasteiger charge is -2.27. The Labute approximate surface area is 122 Å². The summed E-state index contributed by atoms with van der Waals surface area (Å²) in [5.41, 5.74) is 1.51. The van der Waals surface area contributed by atoms with Crippen molar-refractivity contribution in [2.75, 3.05) is 0 Å². The third-order valence-corrected chi connectivity index (χ3v) is 8.64. The smallest absolute Gasteiger partial charge is 0.0367 e. The summed E-state index contributed by atoms with van der Waals surface area (Å²) in [5.74, 6) is 1.02. The van der Waals surface area contributed by atoms with E-state index < -0.39 is 0 Å². The summed E-state index contributed by atoms with van der Waals surface area (Å²) in [5, 5.41) is 0. The van der Waals surface area contributed by atoms with Crippen LogP contribution in [0.3, 0.4) is 0 Å². The fraction of sp³-hybridized carbons (Fsp3) is 0.625. The third kappa shape index (κ3) is 4.54. The highest BCUT2D eigenvalue weighted by Gasteiger charge is 2.21. The molecule has 1 aromatic rings. The number of hydrogen-bond acceptors (Lipinski definition) is 0. The van der Waals surface area contributed by atoms with Crippen LogP contribution >= 0.6 is 15.9 Å². The lowest BCUT2D eigenvalue weighted by molar-refractivity contribution is 0.437. The van der Waals surface area contributed by atoms with Crippen molar-refractivity contribution in [1.29, 1.82) is 0 Å². The highest BCUT2D eigenvalue weighted by molar-refractivity contribution is 9.10. The standard InChI is InChI=1S/C16H25BrSi/c1-2-11-18-12-9-15(10-13-18)4-3-14-5-7-16(17)8-6-14/h5-8,15,18H,2-4,9-13H2,1H3/t15-,18-. The molecule has 1 heterocycles. The van der Waals surface area contributed by atoms with Gasteiger partial charge in [0.1, 0.15) is 0 Å². The van der Waals surface area contributed by atoms with E-state index in [1.807, 2.05) is 0 Å². The molecule has 0 bridgehead atoms. The predicted octanol–water partition coefficient (Wildman–Crippen LogP) is 5.43. The van der Waals surface area contributed by atoms with Crippen LogP contribution in [0.2, 0.25) is 18.1 Å². The average molecular weight is 325 g/mol. The molecule has 1 aliphatic rings. The van der Waals surface area contributed by atoms with E-state index >= 15 is 0 Å². The Bertz CT molecular complexity index is 339. The molecule has 1 fully saturated rings. The summed E-state index contributed by atoms with van der Waals surface area (Å²) in [4.78, 5) is 0. The number of halogens is 1. The van der Waals surface area contributed by atoms with E-state index in [1.165, 1.54) is 42.1 Å².